The van der Waals surface area contributed by atoms with Crippen LogP contribution in [0.2, 0.25) is 0 Å². The van der Waals surface area contributed by atoms with E-state index >= 15 is 0 Å². The maximum atomic E-state index is 12.3. The highest BCUT2D eigenvalue weighted by molar-refractivity contribution is 6.09. The third kappa shape index (κ3) is 5.58. The first kappa shape index (κ1) is 19.5. The Kier molecular flexibility index (Phi) is 6.91. The molecular weight excluding hydrogens is 344 g/mol. The lowest BCUT2D eigenvalue weighted by Gasteiger charge is -2.06. The molecular formula is C21H18N2O4. The van der Waals surface area contributed by atoms with Gasteiger partial charge >= 0.3 is 5.97 Å². The Labute approximate surface area is 157 Å². The molecule has 2 rings (SSSR count). The van der Waals surface area contributed by atoms with Crippen molar-refractivity contribution in [1.29, 1.82) is 5.26 Å². The van der Waals surface area contributed by atoms with Gasteiger partial charge in [0.25, 0.3) is 5.91 Å². The maximum absolute atomic E-state index is 12.3. The Morgan fingerprint density at radius 3 is 2.59 bits per heavy atom. The van der Waals surface area contributed by atoms with E-state index in [9.17, 15) is 14.9 Å². The van der Waals surface area contributed by atoms with Gasteiger partial charge in [0.05, 0.1) is 12.7 Å². The molecule has 0 atom stereocenters. The first-order valence-electron chi connectivity index (χ1n) is 8.02. The fourth-order valence-electron chi connectivity index (χ4n) is 2.17. The Morgan fingerprint density at radius 2 is 1.96 bits per heavy atom. The number of nitrogens with zero attached hydrogens (tertiary/aromatic N) is 1. The lowest BCUT2D eigenvalue weighted by Crippen LogP contribution is -2.13. The van der Waals surface area contributed by atoms with E-state index in [0.717, 1.165) is 0 Å². The van der Waals surface area contributed by atoms with E-state index in [1.807, 2.05) is 6.07 Å². The van der Waals surface area contributed by atoms with Gasteiger partial charge in [-0.15, -0.1) is 0 Å². The van der Waals surface area contributed by atoms with Crippen LogP contribution in [0.25, 0.3) is 6.08 Å². The second-order valence-electron chi connectivity index (χ2n) is 5.37. The first-order valence-corrected chi connectivity index (χ1v) is 8.02. The quantitative estimate of drug-likeness (QED) is 0.352. The van der Waals surface area contributed by atoms with Crippen LogP contribution in [-0.2, 0) is 9.53 Å². The van der Waals surface area contributed by atoms with E-state index < -0.39 is 11.9 Å². The second-order valence-corrected chi connectivity index (χ2v) is 5.37. The number of esters is 1. The minimum Gasteiger partial charge on any atom is -0.490 e. The smallest absolute Gasteiger partial charge is 0.337 e. The fraction of sp³-hybridized carbons (Fsp3) is 0.0952. The Morgan fingerprint density at radius 1 is 1.22 bits per heavy atom. The molecule has 0 unspecified atom stereocenters. The number of rotatable bonds is 7. The van der Waals surface area contributed by atoms with Crippen LogP contribution in [0.5, 0.6) is 5.75 Å². The second kappa shape index (κ2) is 9.59. The molecule has 0 fully saturated rings. The number of benzene rings is 2. The molecule has 0 aliphatic heterocycles. The Bertz CT molecular complexity index is 909. The van der Waals surface area contributed by atoms with Gasteiger partial charge in [-0.3, -0.25) is 4.79 Å². The van der Waals surface area contributed by atoms with Crippen LogP contribution in [-0.4, -0.2) is 25.6 Å². The number of carbonyl (C=O) groups is 2. The van der Waals surface area contributed by atoms with Crippen LogP contribution in [0.4, 0.5) is 5.69 Å². The number of methoxy groups -OCH3 is 1. The number of anilines is 1. The van der Waals surface area contributed by atoms with Gasteiger partial charge in [0.2, 0.25) is 0 Å². The van der Waals surface area contributed by atoms with E-state index in [1.165, 1.54) is 25.3 Å². The monoisotopic (exact) mass is 362 g/mol. The Balaban J connectivity index is 2.13. The summed E-state index contributed by atoms with van der Waals surface area (Å²) < 4.78 is 10.1. The van der Waals surface area contributed by atoms with Crippen molar-refractivity contribution in [3.8, 4) is 11.8 Å². The molecule has 1 amide bonds. The molecule has 0 bridgehead atoms. The molecule has 0 spiro atoms. The largest absolute Gasteiger partial charge is 0.490 e. The van der Waals surface area contributed by atoms with Crippen molar-refractivity contribution in [2.75, 3.05) is 19.0 Å². The molecule has 136 valence electrons. The van der Waals surface area contributed by atoms with E-state index in [0.29, 0.717) is 29.2 Å². The number of amides is 1. The minimum atomic E-state index is -0.555. The van der Waals surface area contributed by atoms with Crippen molar-refractivity contribution >= 4 is 23.6 Å². The van der Waals surface area contributed by atoms with E-state index in [1.54, 1.807) is 42.5 Å². The SMILES string of the molecule is C=CCOc1cccc(/C=C(/C#N)C(=O)Nc2ccc(C(=O)OC)cc2)c1. The number of ether oxygens (including phenoxy) is 2. The summed E-state index contributed by atoms with van der Waals surface area (Å²) in [5.74, 6) is -0.412. The average Bonchev–Trinajstić information content (AvgIpc) is 2.70. The molecule has 2 aromatic rings. The van der Waals surface area contributed by atoms with Crippen LogP contribution in [0.15, 0.2) is 66.8 Å². The van der Waals surface area contributed by atoms with Crippen molar-refractivity contribution in [2.45, 2.75) is 0 Å². The predicted octanol–water partition coefficient (Wildman–Crippen LogP) is 3.58. The molecule has 0 radical (unpaired) electrons. The van der Waals surface area contributed by atoms with Crippen molar-refractivity contribution in [2.24, 2.45) is 0 Å². The predicted molar refractivity (Wildman–Crippen MR) is 102 cm³/mol. The summed E-state index contributed by atoms with van der Waals surface area (Å²) in [5, 5.41) is 11.9. The zero-order chi connectivity index (χ0) is 19.6. The number of hydrogen-bond donors (Lipinski definition) is 1. The Hall–Kier alpha value is -3.85. The highest BCUT2D eigenvalue weighted by atomic mass is 16.5. The molecule has 6 heteroatoms. The summed E-state index contributed by atoms with van der Waals surface area (Å²) >= 11 is 0. The highest BCUT2D eigenvalue weighted by Crippen LogP contribution is 2.17. The molecule has 2 aromatic carbocycles. The maximum Gasteiger partial charge on any atom is 0.337 e. The third-order valence-electron chi connectivity index (χ3n) is 3.47. The first-order chi connectivity index (χ1) is 13.1. The minimum absolute atomic E-state index is 0.0621. The summed E-state index contributed by atoms with van der Waals surface area (Å²) in [6, 6.07) is 15.1. The number of nitriles is 1. The van der Waals surface area contributed by atoms with Gasteiger partial charge in [0, 0.05) is 5.69 Å². The number of carbonyl (C=O) groups excluding carboxylic acids is 2. The van der Waals surface area contributed by atoms with E-state index in [2.05, 4.69) is 16.6 Å². The number of hydrogen-bond acceptors (Lipinski definition) is 5. The molecule has 1 N–H and O–H groups in total. The molecule has 0 aliphatic carbocycles. The normalized spacial score (nSPS) is 10.4. The van der Waals surface area contributed by atoms with Gasteiger partial charge in [-0.1, -0.05) is 24.8 Å². The topological polar surface area (TPSA) is 88.4 Å². The van der Waals surface area contributed by atoms with Gasteiger partial charge in [-0.05, 0) is 48.0 Å². The fourth-order valence-corrected chi connectivity index (χ4v) is 2.17. The van der Waals surface area contributed by atoms with Gasteiger partial charge in [0.1, 0.15) is 24.0 Å². The molecule has 0 saturated carbocycles. The van der Waals surface area contributed by atoms with Crippen molar-refractivity contribution < 1.29 is 19.1 Å². The van der Waals surface area contributed by atoms with E-state index in [-0.39, 0.29) is 5.57 Å². The van der Waals surface area contributed by atoms with Crippen molar-refractivity contribution in [3.05, 3.63) is 77.9 Å². The zero-order valence-electron chi connectivity index (χ0n) is 14.8. The van der Waals surface area contributed by atoms with Gasteiger partial charge in [-0.2, -0.15) is 5.26 Å². The average molecular weight is 362 g/mol. The molecule has 0 heterocycles. The van der Waals surface area contributed by atoms with Crippen molar-refractivity contribution in [3.63, 3.8) is 0 Å². The van der Waals surface area contributed by atoms with Gasteiger partial charge in [0.15, 0.2) is 0 Å². The molecule has 0 aliphatic rings. The molecule has 0 aromatic heterocycles. The van der Waals surface area contributed by atoms with Crippen LogP contribution in [0, 0.1) is 11.3 Å². The van der Waals surface area contributed by atoms with Crippen LogP contribution in [0.3, 0.4) is 0 Å². The van der Waals surface area contributed by atoms with Crippen LogP contribution < -0.4 is 10.1 Å². The summed E-state index contributed by atoms with van der Waals surface area (Å²) in [4.78, 5) is 23.8. The molecule has 6 nitrogen and oxygen atoms in total. The number of nitrogens with one attached hydrogen (secondary N) is 1. The van der Waals surface area contributed by atoms with Gasteiger partial charge < -0.3 is 14.8 Å². The van der Waals surface area contributed by atoms with Crippen LogP contribution in [0.1, 0.15) is 15.9 Å². The zero-order valence-corrected chi connectivity index (χ0v) is 14.8. The third-order valence-corrected chi connectivity index (χ3v) is 3.47. The lowest BCUT2D eigenvalue weighted by molar-refractivity contribution is -0.112. The molecule has 0 saturated heterocycles. The van der Waals surface area contributed by atoms with Crippen LogP contribution >= 0.6 is 0 Å². The van der Waals surface area contributed by atoms with Crippen molar-refractivity contribution in [1.82, 2.24) is 0 Å². The van der Waals surface area contributed by atoms with Gasteiger partial charge in [-0.25, -0.2) is 4.79 Å². The molecule has 27 heavy (non-hydrogen) atoms. The summed E-state index contributed by atoms with van der Waals surface area (Å²) in [5.41, 5.74) is 1.41. The summed E-state index contributed by atoms with van der Waals surface area (Å²) in [6.45, 7) is 3.95. The lowest BCUT2D eigenvalue weighted by atomic mass is 10.1. The highest BCUT2D eigenvalue weighted by Gasteiger charge is 2.11. The summed E-state index contributed by atoms with van der Waals surface area (Å²) in [7, 11) is 1.29. The summed E-state index contributed by atoms with van der Waals surface area (Å²) in [6.07, 6.45) is 3.10. The van der Waals surface area contributed by atoms with E-state index in [4.69, 9.17) is 4.74 Å². The standard InChI is InChI=1S/C21H18N2O4/c1-3-11-27-19-6-4-5-15(13-19)12-17(14-22)20(24)23-18-9-7-16(8-10-18)21(25)26-2/h3-10,12-13H,1,11H2,2H3,(H,23,24)/b17-12-.